The Morgan fingerprint density at radius 2 is 2.24 bits per heavy atom. The zero-order valence-electron chi connectivity index (χ0n) is 11.3. The highest BCUT2D eigenvalue weighted by molar-refractivity contribution is 7.89. The van der Waals surface area contributed by atoms with Gasteiger partial charge in [0.1, 0.15) is 12.4 Å². The van der Waals surface area contributed by atoms with E-state index in [-0.39, 0.29) is 18.0 Å². The molecule has 1 aromatic carbocycles. The maximum absolute atomic E-state index is 12.2. The smallest absolute Gasteiger partial charge is 0.241 e. The standard InChI is InChI=1S/C14H14N2O4S/c1-11-9-15-14(20-11)10-16-21(18,19)13-6-2-4-12(8-13)5-3-7-17/h2,4,6,8-9,16-17H,7,10H2,1H3. The molecule has 0 aliphatic rings. The van der Waals surface area contributed by atoms with Gasteiger partial charge in [0, 0.05) is 5.56 Å². The van der Waals surface area contributed by atoms with Crippen LogP contribution in [0.25, 0.3) is 0 Å². The van der Waals surface area contributed by atoms with Crippen LogP contribution < -0.4 is 4.72 Å². The number of aliphatic hydroxyl groups excluding tert-OH is 1. The molecule has 110 valence electrons. The average Bonchev–Trinajstić information content (AvgIpc) is 2.89. The van der Waals surface area contributed by atoms with Gasteiger partial charge in [-0.15, -0.1) is 0 Å². The average molecular weight is 306 g/mol. The lowest BCUT2D eigenvalue weighted by molar-refractivity contribution is 0.350. The SMILES string of the molecule is Cc1cnc(CNS(=O)(=O)c2cccc(C#CCO)c2)o1. The Morgan fingerprint density at radius 3 is 2.90 bits per heavy atom. The number of rotatable bonds is 4. The van der Waals surface area contributed by atoms with Gasteiger partial charge >= 0.3 is 0 Å². The van der Waals surface area contributed by atoms with E-state index in [1.54, 1.807) is 19.1 Å². The molecule has 0 amide bonds. The zero-order chi connectivity index (χ0) is 15.3. The molecule has 0 saturated carbocycles. The minimum Gasteiger partial charge on any atom is -0.445 e. The van der Waals surface area contributed by atoms with E-state index in [2.05, 4.69) is 21.5 Å². The lowest BCUT2D eigenvalue weighted by atomic mass is 10.2. The van der Waals surface area contributed by atoms with Crippen molar-refractivity contribution < 1.29 is 17.9 Å². The van der Waals surface area contributed by atoms with Crippen LogP contribution in [0.4, 0.5) is 0 Å². The molecule has 0 aliphatic heterocycles. The summed E-state index contributed by atoms with van der Waals surface area (Å²) >= 11 is 0. The Kier molecular flexibility index (Phi) is 4.75. The fourth-order valence-corrected chi connectivity index (χ4v) is 2.63. The highest BCUT2D eigenvalue weighted by Gasteiger charge is 2.15. The van der Waals surface area contributed by atoms with Crippen LogP contribution >= 0.6 is 0 Å². The number of nitrogens with one attached hydrogen (secondary N) is 1. The Bertz CT molecular complexity index is 785. The summed E-state index contributed by atoms with van der Waals surface area (Å²) in [4.78, 5) is 4.02. The van der Waals surface area contributed by atoms with Crippen molar-refractivity contribution in [3.63, 3.8) is 0 Å². The van der Waals surface area contributed by atoms with Crippen molar-refractivity contribution in [3.8, 4) is 11.8 Å². The summed E-state index contributed by atoms with van der Waals surface area (Å²) < 4.78 is 31.9. The molecule has 6 nitrogen and oxygen atoms in total. The topological polar surface area (TPSA) is 92.4 Å². The molecule has 0 spiro atoms. The second kappa shape index (κ2) is 6.54. The van der Waals surface area contributed by atoms with Gasteiger partial charge in [-0.1, -0.05) is 17.9 Å². The molecule has 1 heterocycles. The van der Waals surface area contributed by atoms with Gasteiger partial charge in [0.25, 0.3) is 0 Å². The number of hydrogen-bond acceptors (Lipinski definition) is 5. The summed E-state index contributed by atoms with van der Waals surface area (Å²) in [5.74, 6) is 6.04. The van der Waals surface area contributed by atoms with Crippen molar-refractivity contribution >= 4 is 10.0 Å². The number of hydrogen-bond donors (Lipinski definition) is 2. The normalized spacial score (nSPS) is 11.0. The molecule has 21 heavy (non-hydrogen) atoms. The van der Waals surface area contributed by atoms with Gasteiger partial charge in [0.2, 0.25) is 15.9 Å². The molecule has 0 bridgehead atoms. The first-order valence-electron chi connectivity index (χ1n) is 6.12. The molecule has 0 saturated heterocycles. The van der Waals surface area contributed by atoms with Gasteiger partial charge in [-0.05, 0) is 25.1 Å². The van der Waals surface area contributed by atoms with E-state index < -0.39 is 10.0 Å². The minimum atomic E-state index is -3.68. The first-order valence-corrected chi connectivity index (χ1v) is 7.60. The van der Waals surface area contributed by atoms with Crippen LogP contribution in [-0.4, -0.2) is 25.1 Å². The van der Waals surface area contributed by atoms with E-state index in [1.165, 1.54) is 18.3 Å². The van der Waals surface area contributed by atoms with E-state index in [0.717, 1.165) is 0 Å². The van der Waals surface area contributed by atoms with Gasteiger partial charge < -0.3 is 9.52 Å². The van der Waals surface area contributed by atoms with Gasteiger partial charge in [-0.2, -0.15) is 0 Å². The fraction of sp³-hybridized carbons (Fsp3) is 0.214. The second-order valence-electron chi connectivity index (χ2n) is 4.18. The number of sulfonamides is 1. The second-order valence-corrected chi connectivity index (χ2v) is 5.94. The number of aromatic nitrogens is 1. The summed E-state index contributed by atoms with van der Waals surface area (Å²) in [6.07, 6.45) is 1.52. The highest BCUT2D eigenvalue weighted by Crippen LogP contribution is 2.11. The van der Waals surface area contributed by atoms with Crippen molar-refractivity contribution in [1.29, 1.82) is 0 Å². The molecule has 0 aliphatic carbocycles. The van der Waals surface area contributed by atoms with Crippen molar-refractivity contribution in [3.05, 3.63) is 47.7 Å². The molecular formula is C14H14N2O4S. The van der Waals surface area contributed by atoms with E-state index in [1.807, 2.05) is 0 Å². The van der Waals surface area contributed by atoms with Gasteiger partial charge in [0.15, 0.2) is 0 Å². The number of aryl methyl sites for hydroxylation is 1. The minimum absolute atomic E-state index is 0.0251. The van der Waals surface area contributed by atoms with E-state index in [9.17, 15) is 8.42 Å². The number of nitrogens with zero attached hydrogens (tertiary/aromatic N) is 1. The van der Waals surface area contributed by atoms with Crippen LogP contribution in [0.3, 0.4) is 0 Å². The van der Waals surface area contributed by atoms with E-state index in [0.29, 0.717) is 17.2 Å². The Morgan fingerprint density at radius 1 is 1.43 bits per heavy atom. The summed E-state index contributed by atoms with van der Waals surface area (Å²) in [5.41, 5.74) is 0.513. The lowest BCUT2D eigenvalue weighted by Crippen LogP contribution is -2.23. The number of benzene rings is 1. The van der Waals surface area contributed by atoms with Crippen LogP contribution in [0, 0.1) is 18.8 Å². The first kappa shape index (κ1) is 15.3. The maximum atomic E-state index is 12.2. The van der Waals surface area contributed by atoms with Gasteiger partial charge in [-0.3, -0.25) is 0 Å². The lowest BCUT2D eigenvalue weighted by Gasteiger charge is -2.05. The Labute approximate surface area is 122 Å². The van der Waals surface area contributed by atoms with Crippen molar-refractivity contribution in [1.82, 2.24) is 9.71 Å². The van der Waals surface area contributed by atoms with Crippen LogP contribution in [-0.2, 0) is 16.6 Å². The van der Waals surface area contributed by atoms with E-state index >= 15 is 0 Å². The number of aliphatic hydroxyl groups is 1. The monoisotopic (exact) mass is 306 g/mol. The first-order chi connectivity index (χ1) is 10.0. The van der Waals surface area contributed by atoms with E-state index in [4.69, 9.17) is 9.52 Å². The van der Waals surface area contributed by atoms with Crippen LogP contribution in [0.5, 0.6) is 0 Å². The van der Waals surface area contributed by atoms with Gasteiger partial charge in [0.05, 0.1) is 17.6 Å². The predicted molar refractivity (Wildman–Crippen MR) is 75.7 cm³/mol. The van der Waals surface area contributed by atoms with Crippen molar-refractivity contribution in [2.45, 2.75) is 18.4 Å². The molecule has 0 unspecified atom stereocenters. The third kappa shape index (κ3) is 4.16. The molecule has 0 fully saturated rings. The fourth-order valence-electron chi connectivity index (χ4n) is 1.61. The third-order valence-electron chi connectivity index (χ3n) is 2.54. The molecule has 0 radical (unpaired) electrons. The molecule has 0 atom stereocenters. The van der Waals surface area contributed by atoms with Gasteiger partial charge in [-0.25, -0.2) is 18.1 Å². The van der Waals surface area contributed by atoms with Crippen molar-refractivity contribution in [2.24, 2.45) is 0 Å². The Hall–Kier alpha value is -2.14. The molecule has 2 rings (SSSR count). The predicted octanol–water partition coefficient (Wildman–Crippen LogP) is 0.805. The molecular weight excluding hydrogens is 292 g/mol. The summed E-state index contributed by atoms with van der Waals surface area (Å²) in [6.45, 7) is 1.43. The van der Waals surface area contributed by atoms with Crippen LogP contribution in [0.15, 0.2) is 39.8 Å². The maximum Gasteiger partial charge on any atom is 0.241 e. The Balaban J connectivity index is 2.15. The quantitative estimate of drug-likeness (QED) is 0.815. The van der Waals surface area contributed by atoms with Crippen LogP contribution in [0.1, 0.15) is 17.2 Å². The molecule has 2 N–H and O–H groups in total. The largest absolute Gasteiger partial charge is 0.445 e. The zero-order valence-corrected chi connectivity index (χ0v) is 12.1. The molecule has 1 aromatic heterocycles. The van der Waals surface area contributed by atoms with Crippen LogP contribution in [0.2, 0.25) is 0 Å². The van der Waals surface area contributed by atoms with Crippen molar-refractivity contribution in [2.75, 3.05) is 6.61 Å². The third-order valence-corrected chi connectivity index (χ3v) is 3.94. The number of oxazole rings is 1. The summed E-state index contributed by atoms with van der Waals surface area (Å²) in [6, 6.07) is 6.16. The molecule has 2 aromatic rings. The summed E-state index contributed by atoms with van der Waals surface area (Å²) in [5, 5.41) is 8.65. The molecule has 7 heteroatoms. The summed E-state index contributed by atoms with van der Waals surface area (Å²) in [7, 11) is -3.68. The highest BCUT2D eigenvalue weighted by atomic mass is 32.2.